The lowest BCUT2D eigenvalue weighted by Crippen LogP contribution is -2.43. The molecule has 2 amide bonds. The van der Waals surface area contributed by atoms with Crippen molar-refractivity contribution >= 4 is 17.7 Å². The number of hydrogen-bond acceptors (Lipinski definition) is 2. The maximum absolute atomic E-state index is 12.1. The van der Waals surface area contributed by atoms with Crippen molar-refractivity contribution in [2.24, 2.45) is 0 Å². The Morgan fingerprint density at radius 2 is 1.81 bits per heavy atom. The van der Waals surface area contributed by atoms with Crippen LogP contribution in [0.2, 0.25) is 0 Å². The minimum absolute atomic E-state index is 0.120. The average Bonchev–Trinajstić information content (AvgIpc) is 2.37. The first kappa shape index (κ1) is 15.4. The van der Waals surface area contributed by atoms with Gasteiger partial charge < -0.3 is 15.3 Å². The van der Waals surface area contributed by atoms with E-state index in [0.29, 0.717) is 17.3 Å². The van der Waals surface area contributed by atoms with Crippen LogP contribution in [0.5, 0.6) is 0 Å². The molecule has 0 bridgehead atoms. The molecule has 0 heterocycles. The first-order chi connectivity index (χ1) is 9.82. The number of carboxylic acids is 1. The molecule has 0 aliphatic heterocycles. The van der Waals surface area contributed by atoms with Crippen molar-refractivity contribution in [2.45, 2.75) is 44.6 Å². The Morgan fingerprint density at radius 3 is 2.24 bits per heavy atom. The number of amides is 2. The van der Waals surface area contributed by atoms with E-state index < -0.39 is 11.4 Å². The molecule has 0 saturated heterocycles. The molecule has 0 atom stereocenters. The Morgan fingerprint density at radius 1 is 1.24 bits per heavy atom. The van der Waals surface area contributed by atoms with Gasteiger partial charge in [0.2, 0.25) is 0 Å². The minimum atomic E-state index is -0.939. The van der Waals surface area contributed by atoms with Gasteiger partial charge in [0, 0.05) is 18.8 Å². The van der Waals surface area contributed by atoms with E-state index >= 15 is 0 Å². The van der Waals surface area contributed by atoms with Crippen molar-refractivity contribution in [1.29, 1.82) is 0 Å². The smallest absolute Gasteiger partial charge is 0.321 e. The second kappa shape index (κ2) is 5.76. The molecule has 1 aliphatic rings. The molecule has 1 fully saturated rings. The van der Waals surface area contributed by atoms with Gasteiger partial charge in [-0.1, -0.05) is 12.1 Å². The maximum Gasteiger partial charge on any atom is 0.321 e. The van der Waals surface area contributed by atoms with Crippen molar-refractivity contribution < 1.29 is 14.7 Å². The van der Waals surface area contributed by atoms with Gasteiger partial charge in [-0.15, -0.1) is 0 Å². The van der Waals surface area contributed by atoms with E-state index in [1.807, 2.05) is 0 Å². The lowest BCUT2D eigenvalue weighted by atomic mass is 9.85. The quantitative estimate of drug-likeness (QED) is 0.895. The van der Waals surface area contributed by atoms with Crippen molar-refractivity contribution in [1.82, 2.24) is 4.90 Å². The summed E-state index contributed by atoms with van der Waals surface area (Å²) in [5, 5.41) is 12.0. The molecule has 0 unspecified atom stereocenters. The first-order valence-electron chi connectivity index (χ1n) is 7.20. The molecular formula is C16H22N2O3. The fourth-order valence-corrected chi connectivity index (χ4v) is 2.25. The molecule has 0 spiro atoms. The van der Waals surface area contributed by atoms with Crippen LogP contribution in [0, 0.1) is 0 Å². The first-order valence-corrected chi connectivity index (χ1v) is 7.20. The Bertz CT molecular complexity index is 533. The summed E-state index contributed by atoms with van der Waals surface area (Å²) >= 11 is 0. The standard InChI is InChI=1S/C16H22N2O3/c1-16(2,14(19)20)11-7-9-12(10-8-11)17-15(21)18(3)13-5-4-6-13/h7-10,13H,4-6H2,1-3H3,(H,17,21)(H,19,20). The summed E-state index contributed by atoms with van der Waals surface area (Å²) in [7, 11) is 1.81. The van der Waals surface area contributed by atoms with Crippen molar-refractivity contribution in [3.05, 3.63) is 29.8 Å². The monoisotopic (exact) mass is 290 g/mol. The van der Waals surface area contributed by atoms with Gasteiger partial charge in [-0.05, 0) is 50.8 Å². The number of urea groups is 1. The zero-order valence-corrected chi connectivity index (χ0v) is 12.7. The van der Waals surface area contributed by atoms with E-state index in [1.54, 1.807) is 50.1 Å². The second-order valence-electron chi connectivity index (χ2n) is 6.13. The predicted molar refractivity (Wildman–Crippen MR) is 81.5 cm³/mol. The van der Waals surface area contributed by atoms with Crippen LogP contribution < -0.4 is 5.32 Å². The number of benzene rings is 1. The summed E-state index contributed by atoms with van der Waals surface area (Å²) in [6, 6.07) is 7.19. The summed E-state index contributed by atoms with van der Waals surface area (Å²) in [4.78, 5) is 25.0. The normalized spacial score (nSPS) is 15.2. The maximum atomic E-state index is 12.1. The van der Waals surface area contributed by atoms with E-state index in [2.05, 4.69) is 5.32 Å². The molecule has 2 N–H and O–H groups in total. The fraction of sp³-hybridized carbons (Fsp3) is 0.500. The van der Waals surface area contributed by atoms with Crippen LogP contribution >= 0.6 is 0 Å². The summed E-state index contributed by atoms with van der Waals surface area (Å²) in [5.41, 5.74) is 0.446. The average molecular weight is 290 g/mol. The van der Waals surface area contributed by atoms with Gasteiger partial charge in [0.15, 0.2) is 0 Å². The topological polar surface area (TPSA) is 69.6 Å². The van der Waals surface area contributed by atoms with Crippen LogP contribution in [0.4, 0.5) is 10.5 Å². The van der Waals surface area contributed by atoms with Crippen LogP contribution in [0.15, 0.2) is 24.3 Å². The largest absolute Gasteiger partial charge is 0.481 e. The Hall–Kier alpha value is -2.04. The second-order valence-corrected chi connectivity index (χ2v) is 6.13. The third kappa shape index (κ3) is 3.17. The number of nitrogens with zero attached hydrogens (tertiary/aromatic N) is 1. The Labute approximate surface area is 125 Å². The molecule has 5 heteroatoms. The van der Waals surface area contributed by atoms with Crippen molar-refractivity contribution in [3.8, 4) is 0 Å². The van der Waals surface area contributed by atoms with Gasteiger partial charge in [0.1, 0.15) is 0 Å². The number of carbonyl (C=O) groups is 2. The SMILES string of the molecule is CN(C(=O)Nc1ccc(C(C)(C)C(=O)O)cc1)C1CCC1. The third-order valence-corrected chi connectivity index (χ3v) is 4.34. The summed E-state index contributed by atoms with van der Waals surface area (Å²) in [6.45, 7) is 3.32. The zero-order chi connectivity index (χ0) is 15.6. The zero-order valence-electron chi connectivity index (χ0n) is 12.7. The number of carbonyl (C=O) groups excluding carboxylic acids is 1. The molecule has 114 valence electrons. The Kier molecular flexibility index (Phi) is 4.21. The number of nitrogens with one attached hydrogen (secondary N) is 1. The molecule has 0 aromatic heterocycles. The van der Waals surface area contributed by atoms with Gasteiger partial charge in [-0.2, -0.15) is 0 Å². The van der Waals surface area contributed by atoms with E-state index in [1.165, 1.54) is 6.42 Å². The highest BCUT2D eigenvalue weighted by Gasteiger charge is 2.29. The van der Waals surface area contributed by atoms with E-state index in [0.717, 1.165) is 12.8 Å². The van der Waals surface area contributed by atoms with E-state index in [4.69, 9.17) is 0 Å². The molecule has 1 aromatic rings. The number of carboxylic acid groups (broad SMARTS) is 1. The molecule has 2 rings (SSSR count). The van der Waals surface area contributed by atoms with Crippen LogP contribution in [0.25, 0.3) is 0 Å². The van der Waals surface area contributed by atoms with Crippen LogP contribution in [0.1, 0.15) is 38.7 Å². The highest BCUT2D eigenvalue weighted by molar-refractivity contribution is 5.89. The number of hydrogen-bond donors (Lipinski definition) is 2. The molecule has 1 aromatic carbocycles. The molecular weight excluding hydrogens is 268 g/mol. The van der Waals surface area contributed by atoms with Gasteiger partial charge in [-0.3, -0.25) is 4.79 Å². The molecule has 1 aliphatic carbocycles. The Balaban J connectivity index is 2.02. The number of aliphatic carboxylic acids is 1. The fourth-order valence-electron chi connectivity index (χ4n) is 2.25. The van der Waals surface area contributed by atoms with Crippen LogP contribution in [0.3, 0.4) is 0 Å². The van der Waals surface area contributed by atoms with Crippen LogP contribution in [-0.4, -0.2) is 35.1 Å². The van der Waals surface area contributed by atoms with E-state index in [9.17, 15) is 14.7 Å². The van der Waals surface area contributed by atoms with E-state index in [-0.39, 0.29) is 6.03 Å². The number of rotatable bonds is 4. The van der Waals surface area contributed by atoms with Gasteiger partial charge in [-0.25, -0.2) is 4.79 Å². The molecule has 5 nitrogen and oxygen atoms in total. The lowest BCUT2D eigenvalue weighted by molar-refractivity contribution is -0.142. The highest BCUT2D eigenvalue weighted by atomic mass is 16.4. The van der Waals surface area contributed by atoms with Crippen LogP contribution in [-0.2, 0) is 10.2 Å². The van der Waals surface area contributed by atoms with Gasteiger partial charge >= 0.3 is 12.0 Å². The van der Waals surface area contributed by atoms with Gasteiger partial charge in [0.05, 0.1) is 5.41 Å². The summed E-state index contributed by atoms with van der Waals surface area (Å²) in [6.07, 6.45) is 3.31. The summed E-state index contributed by atoms with van der Waals surface area (Å²) < 4.78 is 0. The van der Waals surface area contributed by atoms with Gasteiger partial charge in [0.25, 0.3) is 0 Å². The highest BCUT2D eigenvalue weighted by Crippen LogP contribution is 2.26. The molecule has 21 heavy (non-hydrogen) atoms. The molecule has 0 radical (unpaired) electrons. The molecule has 1 saturated carbocycles. The minimum Gasteiger partial charge on any atom is -0.481 e. The van der Waals surface area contributed by atoms with Crippen molar-refractivity contribution in [2.75, 3.05) is 12.4 Å². The summed E-state index contributed by atoms with van der Waals surface area (Å²) in [5.74, 6) is -0.871. The third-order valence-electron chi connectivity index (χ3n) is 4.34. The predicted octanol–water partition coefficient (Wildman–Crippen LogP) is 3.07. The van der Waals surface area contributed by atoms with Crippen molar-refractivity contribution in [3.63, 3.8) is 0 Å². The number of anilines is 1. The lowest BCUT2D eigenvalue weighted by Gasteiger charge is -2.34.